The number of nitrogens with zero attached hydrogens (tertiary/aromatic N) is 4. The first-order valence-corrected chi connectivity index (χ1v) is 15.7. The molecule has 44 heavy (non-hydrogen) atoms. The third-order valence-corrected chi connectivity index (χ3v) is 8.79. The molecule has 1 N–H and O–H groups in total. The summed E-state index contributed by atoms with van der Waals surface area (Å²) in [6, 6.07) is 19.7. The number of carboxylic acids is 1. The van der Waals surface area contributed by atoms with Gasteiger partial charge in [0.25, 0.3) is 0 Å². The van der Waals surface area contributed by atoms with Crippen molar-refractivity contribution in [3.63, 3.8) is 0 Å². The molecule has 0 spiro atoms. The summed E-state index contributed by atoms with van der Waals surface area (Å²) in [5, 5.41) is 17.4. The molecule has 9 heteroatoms. The second-order valence-electron chi connectivity index (χ2n) is 11.9. The lowest BCUT2D eigenvalue weighted by atomic mass is 9.91. The smallest absolute Gasteiger partial charge is 0.337 e. The standard InChI is InChI=1S/C35H33ClN4O3S/c1-6-15-40-28-12-9-22(17-24(28)19-38-40)26-18-23(13-14-37-26)33-39-27-16-20(2)29(31(34(41)42)43-35(3,4)5)30(32(27)44-33)21-7-10-25(36)11-8-21/h7-14,16-19,31H,6,15H2,1-5H3,(H,41,42)/t31-/m0/s1. The van der Waals surface area contributed by atoms with Crippen LogP contribution in [0.25, 0.3) is 54.1 Å². The minimum atomic E-state index is -1.17. The molecule has 3 aromatic carbocycles. The van der Waals surface area contributed by atoms with E-state index in [1.165, 1.54) is 11.3 Å². The fourth-order valence-electron chi connectivity index (χ4n) is 5.52. The summed E-state index contributed by atoms with van der Waals surface area (Å²) in [5.41, 5.74) is 7.05. The summed E-state index contributed by atoms with van der Waals surface area (Å²) in [6.07, 6.45) is 3.55. The Kier molecular flexibility index (Phi) is 8.01. The fourth-order valence-corrected chi connectivity index (χ4v) is 6.77. The Morgan fingerprint density at radius 1 is 1.05 bits per heavy atom. The van der Waals surface area contributed by atoms with Crippen molar-refractivity contribution in [3.8, 4) is 33.0 Å². The second-order valence-corrected chi connectivity index (χ2v) is 13.3. The normalized spacial score (nSPS) is 12.7. The quantitative estimate of drug-likeness (QED) is 0.181. The van der Waals surface area contributed by atoms with Crippen molar-refractivity contribution in [2.45, 2.75) is 59.3 Å². The number of halogens is 1. The zero-order chi connectivity index (χ0) is 31.2. The maximum atomic E-state index is 12.6. The summed E-state index contributed by atoms with van der Waals surface area (Å²) in [5.74, 6) is -1.04. The van der Waals surface area contributed by atoms with Crippen LogP contribution in [0.2, 0.25) is 5.02 Å². The van der Waals surface area contributed by atoms with Crippen LogP contribution >= 0.6 is 22.9 Å². The Morgan fingerprint density at radius 2 is 1.80 bits per heavy atom. The minimum absolute atomic E-state index is 0.602. The van der Waals surface area contributed by atoms with Crippen LogP contribution in [0.15, 0.2) is 73.1 Å². The molecule has 0 aliphatic heterocycles. The van der Waals surface area contributed by atoms with Crippen molar-refractivity contribution in [2.75, 3.05) is 0 Å². The van der Waals surface area contributed by atoms with Crippen LogP contribution in [0, 0.1) is 6.92 Å². The van der Waals surface area contributed by atoms with E-state index < -0.39 is 17.7 Å². The minimum Gasteiger partial charge on any atom is -0.479 e. The van der Waals surface area contributed by atoms with Crippen molar-refractivity contribution in [1.82, 2.24) is 19.7 Å². The molecule has 3 aromatic heterocycles. The largest absolute Gasteiger partial charge is 0.479 e. The average molecular weight is 625 g/mol. The Balaban J connectivity index is 1.49. The zero-order valence-electron chi connectivity index (χ0n) is 25.3. The highest BCUT2D eigenvalue weighted by Gasteiger charge is 2.32. The predicted molar refractivity (Wildman–Crippen MR) is 178 cm³/mol. The van der Waals surface area contributed by atoms with Crippen LogP contribution in [0.3, 0.4) is 0 Å². The first kappa shape index (κ1) is 29.9. The molecule has 224 valence electrons. The molecule has 0 aliphatic carbocycles. The third kappa shape index (κ3) is 5.85. The molecule has 1 atom stereocenters. The number of aliphatic carboxylic acids is 1. The predicted octanol–water partition coefficient (Wildman–Crippen LogP) is 9.35. The Hall–Kier alpha value is -4.11. The van der Waals surface area contributed by atoms with Gasteiger partial charge in [0.15, 0.2) is 6.10 Å². The molecule has 0 bridgehead atoms. The van der Waals surface area contributed by atoms with E-state index >= 15 is 0 Å². The molecular formula is C35H33ClN4O3S. The first-order chi connectivity index (χ1) is 21.0. The van der Waals surface area contributed by atoms with Crippen molar-refractivity contribution < 1.29 is 14.6 Å². The third-order valence-electron chi connectivity index (χ3n) is 7.40. The SMILES string of the molecule is CCCn1ncc2cc(-c3cc(-c4nc5cc(C)c([C@H](OC(C)(C)C)C(=O)O)c(-c6ccc(Cl)cc6)c5s4)ccn3)ccc21. The Morgan fingerprint density at radius 3 is 2.50 bits per heavy atom. The average Bonchev–Trinajstić information content (AvgIpc) is 3.59. The summed E-state index contributed by atoms with van der Waals surface area (Å²) in [6.45, 7) is 10.5. The number of carbonyl (C=O) groups is 1. The fraction of sp³-hybridized carbons (Fsp3) is 0.257. The zero-order valence-corrected chi connectivity index (χ0v) is 26.8. The van der Waals surface area contributed by atoms with E-state index in [1.54, 1.807) is 6.20 Å². The monoisotopic (exact) mass is 624 g/mol. The van der Waals surface area contributed by atoms with E-state index in [0.29, 0.717) is 10.6 Å². The van der Waals surface area contributed by atoms with Crippen LogP contribution in [0.5, 0.6) is 0 Å². The molecule has 0 unspecified atom stereocenters. The molecule has 3 heterocycles. The van der Waals surface area contributed by atoms with Crippen LogP contribution in [0.1, 0.15) is 51.3 Å². The maximum absolute atomic E-state index is 12.6. The lowest BCUT2D eigenvalue weighted by molar-refractivity contribution is -0.160. The lowest BCUT2D eigenvalue weighted by Crippen LogP contribution is -2.28. The molecule has 6 rings (SSSR count). The van der Waals surface area contributed by atoms with Gasteiger partial charge in [0.05, 0.1) is 33.2 Å². The number of hydrogen-bond donors (Lipinski definition) is 1. The highest BCUT2D eigenvalue weighted by molar-refractivity contribution is 7.22. The number of benzene rings is 3. The van der Waals surface area contributed by atoms with Gasteiger partial charge in [0.1, 0.15) is 5.01 Å². The van der Waals surface area contributed by atoms with E-state index in [0.717, 1.165) is 72.6 Å². The Bertz CT molecular complexity index is 2010. The second kappa shape index (κ2) is 11.8. The molecule has 0 aliphatic rings. The number of thiazole rings is 1. The molecule has 7 nitrogen and oxygen atoms in total. The number of pyridine rings is 1. The number of rotatable bonds is 8. The van der Waals surface area contributed by atoms with Gasteiger partial charge in [-0.1, -0.05) is 36.7 Å². The van der Waals surface area contributed by atoms with Gasteiger partial charge in [0.2, 0.25) is 0 Å². The van der Waals surface area contributed by atoms with Gasteiger partial charge in [-0.05, 0) is 87.7 Å². The molecule has 0 saturated heterocycles. The number of ether oxygens (including phenoxy) is 1. The summed E-state index contributed by atoms with van der Waals surface area (Å²) in [4.78, 5) is 22.4. The van der Waals surface area contributed by atoms with Gasteiger partial charge in [0, 0.05) is 45.4 Å². The van der Waals surface area contributed by atoms with Crippen LogP contribution in [-0.2, 0) is 16.1 Å². The van der Waals surface area contributed by atoms with Crippen molar-refractivity contribution >= 4 is 50.0 Å². The van der Waals surface area contributed by atoms with E-state index in [1.807, 2.05) is 81.0 Å². The summed E-state index contributed by atoms with van der Waals surface area (Å²) < 4.78 is 9.06. The Labute approximate surface area is 265 Å². The highest BCUT2D eigenvalue weighted by Crippen LogP contribution is 2.44. The van der Waals surface area contributed by atoms with E-state index in [2.05, 4.69) is 35.2 Å². The summed E-state index contributed by atoms with van der Waals surface area (Å²) >= 11 is 7.77. The molecule has 0 saturated carbocycles. The van der Waals surface area contributed by atoms with Gasteiger partial charge in [-0.3, -0.25) is 9.67 Å². The van der Waals surface area contributed by atoms with E-state index in [4.69, 9.17) is 21.3 Å². The van der Waals surface area contributed by atoms with E-state index in [9.17, 15) is 9.90 Å². The topological polar surface area (TPSA) is 90.1 Å². The van der Waals surface area contributed by atoms with Crippen LogP contribution in [-0.4, -0.2) is 36.4 Å². The lowest BCUT2D eigenvalue weighted by Gasteiger charge is -2.28. The van der Waals surface area contributed by atoms with Crippen LogP contribution in [0.4, 0.5) is 0 Å². The van der Waals surface area contributed by atoms with Gasteiger partial charge in [-0.15, -0.1) is 11.3 Å². The molecular weight excluding hydrogens is 592 g/mol. The number of hydrogen-bond acceptors (Lipinski definition) is 6. The molecule has 0 fully saturated rings. The number of fused-ring (bicyclic) bond motifs is 2. The highest BCUT2D eigenvalue weighted by atomic mass is 35.5. The van der Waals surface area contributed by atoms with Gasteiger partial charge in [-0.25, -0.2) is 9.78 Å². The molecule has 6 aromatic rings. The number of aromatic nitrogens is 4. The van der Waals surface area contributed by atoms with E-state index in [-0.39, 0.29) is 0 Å². The van der Waals surface area contributed by atoms with Crippen molar-refractivity contribution in [1.29, 1.82) is 0 Å². The first-order valence-electron chi connectivity index (χ1n) is 14.6. The van der Waals surface area contributed by atoms with Gasteiger partial charge >= 0.3 is 5.97 Å². The van der Waals surface area contributed by atoms with Crippen LogP contribution < -0.4 is 0 Å². The van der Waals surface area contributed by atoms with Gasteiger partial charge < -0.3 is 9.84 Å². The summed E-state index contributed by atoms with van der Waals surface area (Å²) in [7, 11) is 0. The number of carboxylic acid groups (broad SMARTS) is 1. The van der Waals surface area contributed by atoms with Crippen molar-refractivity contribution in [3.05, 3.63) is 89.2 Å². The van der Waals surface area contributed by atoms with Crippen molar-refractivity contribution in [2.24, 2.45) is 0 Å². The maximum Gasteiger partial charge on any atom is 0.337 e. The number of aryl methyl sites for hydroxylation is 2. The molecule has 0 radical (unpaired) electrons. The van der Waals surface area contributed by atoms with Gasteiger partial charge in [-0.2, -0.15) is 5.10 Å². The molecule has 0 amide bonds.